The molecule has 22 heavy (non-hydrogen) atoms. The van der Waals surface area contributed by atoms with Crippen molar-refractivity contribution < 1.29 is 4.79 Å². The Hall–Kier alpha value is -1.08. The Morgan fingerprint density at radius 1 is 1.09 bits per heavy atom. The number of likely N-dealkylation sites (tertiary alicyclic amines) is 2. The maximum Gasteiger partial charge on any atom is 0.232 e. The van der Waals surface area contributed by atoms with Crippen LogP contribution in [0.3, 0.4) is 0 Å². The highest BCUT2D eigenvalue weighted by molar-refractivity contribution is 7.99. The number of amides is 1. The number of carbonyl (C=O) groups is 1. The van der Waals surface area contributed by atoms with Crippen LogP contribution in [0, 0.1) is 0 Å². The zero-order valence-corrected chi connectivity index (χ0v) is 13.9. The lowest BCUT2D eigenvalue weighted by molar-refractivity contribution is -0.129. The van der Waals surface area contributed by atoms with E-state index in [-0.39, 0.29) is 0 Å². The van der Waals surface area contributed by atoms with Gasteiger partial charge in [-0.05, 0) is 38.8 Å². The molecule has 0 N–H and O–H groups in total. The second-order valence-corrected chi connectivity index (χ2v) is 7.23. The average Bonchev–Trinajstić information content (AvgIpc) is 3.25. The SMILES string of the molecule is O=C(CSCCN1CCCC1)N1CCC(n2cnnc2)CC1. The van der Waals surface area contributed by atoms with Crippen LogP contribution in [0.25, 0.3) is 0 Å². The van der Waals surface area contributed by atoms with Crippen LogP contribution in [-0.4, -0.2) is 74.7 Å². The predicted molar refractivity (Wildman–Crippen MR) is 87.9 cm³/mol. The summed E-state index contributed by atoms with van der Waals surface area (Å²) >= 11 is 1.78. The normalized spacial score (nSPS) is 20.6. The molecule has 2 saturated heterocycles. The molecule has 1 amide bonds. The first kappa shape index (κ1) is 15.8. The molecule has 2 aliphatic rings. The highest BCUT2D eigenvalue weighted by Gasteiger charge is 2.23. The molecular weight excluding hydrogens is 298 g/mol. The van der Waals surface area contributed by atoms with Gasteiger partial charge in [0.05, 0.1) is 5.75 Å². The second kappa shape index (κ2) is 7.97. The third-order valence-electron chi connectivity index (χ3n) is 4.65. The third-order valence-corrected chi connectivity index (χ3v) is 5.57. The van der Waals surface area contributed by atoms with Gasteiger partial charge in [0, 0.05) is 31.4 Å². The van der Waals surface area contributed by atoms with Crippen LogP contribution in [-0.2, 0) is 4.79 Å². The molecule has 0 aliphatic carbocycles. The molecule has 1 aromatic heterocycles. The van der Waals surface area contributed by atoms with Gasteiger partial charge in [0.25, 0.3) is 0 Å². The quantitative estimate of drug-likeness (QED) is 0.738. The van der Waals surface area contributed by atoms with E-state index in [9.17, 15) is 4.79 Å². The Morgan fingerprint density at radius 2 is 1.77 bits per heavy atom. The summed E-state index contributed by atoms with van der Waals surface area (Å²) in [7, 11) is 0. The van der Waals surface area contributed by atoms with E-state index in [1.807, 2.05) is 4.90 Å². The van der Waals surface area contributed by atoms with Gasteiger partial charge in [-0.25, -0.2) is 0 Å². The summed E-state index contributed by atoms with van der Waals surface area (Å²) in [4.78, 5) is 16.8. The van der Waals surface area contributed by atoms with Gasteiger partial charge in [0.2, 0.25) is 5.91 Å². The summed E-state index contributed by atoms with van der Waals surface area (Å²) in [5, 5.41) is 7.72. The average molecular weight is 323 g/mol. The molecule has 2 fully saturated rings. The Bertz CT molecular complexity index is 453. The highest BCUT2D eigenvalue weighted by atomic mass is 32.2. The number of aromatic nitrogens is 3. The molecule has 3 heterocycles. The number of piperidine rings is 1. The Labute approximate surface area is 136 Å². The monoisotopic (exact) mass is 323 g/mol. The summed E-state index contributed by atoms with van der Waals surface area (Å²) in [6.07, 6.45) is 8.23. The Morgan fingerprint density at radius 3 is 2.45 bits per heavy atom. The molecule has 0 radical (unpaired) electrons. The first-order valence-electron chi connectivity index (χ1n) is 8.25. The van der Waals surface area contributed by atoms with Crippen molar-refractivity contribution in [3.63, 3.8) is 0 Å². The molecule has 0 atom stereocenters. The van der Waals surface area contributed by atoms with Crippen molar-refractivity contribution in [2.75, 3.05) is 44.2 Å². The maximum atomic E-state index is 12.2. The van der Waals surface area contributed by atoms with Crippen molar-refractivity contribution in [1.29, 1.82) is 0 Å². The minimum Gasteiger partial charge on any atom is -0.342 e. The molecule has 0 saturated carbocycles. The van der Waals surface area contributed by atoms with Gasteiger partial charge >= 0.3 is 0 Å². The lowest BCUT2D eigenvalue weighted by Gasteiger charge is -2.32. The molecule has 1 aromatic rings. The fourth-order valence-corrected chi connectivity index (χ4v) is 4.15. The lowest BCUT2D eigenvalue weighted by atomic mass is 10.1. The van der Waals surface area contributed by atoms with Crippen molar-refractivity contribution >= 4 is 17.7 Å². The van der Waals surface area contributed by atoms with Gasteiger partial charge in [-0.3, -0.25) is 4.79 Å². The van der Waals surface area contributed by atoms with Crippen LogP contribution in [0.1, 0.15) is 31.7 Å². The number of rotatable bonds is 6. The second-order valence-electron chi connectivity index (χ2n) is 6.12. The topological polar surface area (TPSA) is 54.3 Å². The minimum absolute atomic E-state index is 0.300. The standard InChI is InChI=1S/C15H25N5OS/c21-15(11-22-10-9-18-5-1-2-6-18)19-7-3-14(4-8-19)20-12-16-17-13-20/h12-14H,1-11H2. The van der Waals surface area contributed by atoms with Crippen LogP contribution < -0.4 is 0 Å². The molecule has 2 aliphatic heterocycles. The van der Waals surface area contributed by atoms with Crippen molar-refractivity contribution in [1.82, 2.24) is 24.6 Å². The van der Waals surface area contributed by atoms with Gasteiger partial charge < -0.3 is 14.4 Å². The first-order valence-corrected chi connectivity index (χ1v) is 9.40. The molecule has 122 valence electrons. The summed E-state index contributed by atoms with van der Waals surface area (Å²) in [6, 6.07) is 0.446. The van der Waals surface area contributed by atoms with Crippen LogP contribution in [0.15, 0.2) is 12.7 Å². The van der Waals surface area contributed by atoms with Gasteiger partial charge in [-0.15, -0.1) is 10.2 Å². The molecular formula is C15H25N5OS. The van der Waals surface area contributed by atoms with E-state index in [0.717, 1.165) is 38.2 Å². The molecule has 3 rings (SSSR count). The van der Waals surface area contributed by atoms with E-state index in [0.29, 0.717) is 17.7 Å². The summed E-state index contributed by atoms with van der Waals surface area (Å²) in [5.41, 5.74) is 0. The van der Waals surface area contributed by atoms with Crippen molar-refractivity contribution in [3.05, 3.63) is 12.7 Å². The van der Waals surface area contributed by atoms with Crippen molar-refractivity contribution in [2.24, 2.45) is 0 Å². The molecule has 0 spiro atoms. The zero-order chi connectivity index (χ0) is 15.2. The van der Waals surface area contributed by atoms with Gasteiger partial charge in [-0.2, -0.15) is 11.8 Å². The third kappa shape index (κ3) is 4.23. The number of thioether (sulfide) groups is 1. The van der Waals surface area contributed by atoms with E-state index in [1.54, 1.807) is 24.4 Å². The summed E-state index contributed by atoms with van der Waals surface area (Å²) in [5.74, 6) is 2.00. The molecule has 0 unspecified atom stereocenters. The van der Waals surface area contributed by atoms with E-state index >= 15 is 0 Å². The van der Waals surface area contributed by atoms with E-state index < -0.39 is 0 Å². The van der Waals surface area contributed by atoms with Crippen LogP contribution in [0.4, 0.5) is 0 Å². The zero-order valence-electron chi connectivity index (χ0n) is 13.1. The molecule has 6 nitrogen and oxygen atoms in total. The largest absolute Gasteiger partial charge is 0.342 e. The fourth-order valence-electron chi connectivity index (χ4n) is 3.26. The number of hydrogen-bond acceptors (Lipinski definition) is 5. The van der Waals surface area contributed by atoms with E-state index in [4.69, 9.17) is 0 Å². The van der Waals surface area contributed by atoms with E-state index in [1.165, 1.54) is 25.9 Å². The van der Waals surface area contributed by atoms with Gasteiger partial charge in [-0.1, -0.05) is 0 Å². The lowest BCUT2D eigenvalue weighted by Crippen LogP contribution is -2.40. The van der Waals surface area contributed by atoms with Crippen LogP contribution in [0.5, 0.6) is 0 Å². The predicted octanol–water partition coefficient (Wildman–Crippen LogP) is 1.27. The molecule has 0 aromatic carbocycles. The van der Waals surface area contributed by atoms with Gasteiger partial charge in [0.1, 0.15) is 12.7 Å². The Balaban J connectivity index is 1.31. The highest BCUT2D eigenvalue weighted by Crippen LogP contribution is 2.22. The molecule has 0 bridgehead atoms. The maximum absolute atomic E-state index is 12.2. The minimum atomic E-state index is 0.300. The first-order chi connectivity index (χ1) is 10.8. The summed E-state index contributed by atoms with van der Waals surface area (Å²) < 4.78 is 2.06. The number of carbonyl (C=O) groups excluding carboxylic acids is 1. The molecule has 7 heteroatoms. The Kier molecular flexibility index (Phi) is 5.72. The van der Waals surface area contributed by atoms with E-state index in [2.05, 4.69) is 19.7 Å². The van der Waals surface area contributed by atoms with Gasteiger partial charge in [0.15, 0.2) is 0 Å². The van der Waals surface area contributed by atoms with Crippen LogP contribution >= 0.6 is 11.8 Å². The number of nitrogens with zero attached hydrogens (tertiary/aromatic N) is 5. The number of hydrogen-bond donors (Lipinski definition) is 0. The fraction of sp³-hybridized carbons (Fsp3) is 0.800. The smallest absolute Gasteiger partial charge is 0.232 e. The van der Waals surface area contributed by atoms with Crippen LogP contribution in [0.2, 0.25) is 0 Å². The summed E-state index contributed by atoms with van der Waals surface area (Å²) in [6.45, 7) is 5.33. The van der Waals surface area contributed by atoms with Crippen molar-refractivity contribution in [3.8, 4) is 0 Å². The van der Waals surface area contributed by atoms with Crippen molar-refractivity contribution in [2.45, 2.75) is 31.7 Å².